The average Bonchev–Trinajstić information content (AvgIpc) is 2.63. The first-order chi connectivity index (χ1) is 12.0. The fourth-order valence-electron chi connectivity index (χ4n) is 3.14. The van der Waals surface area contributed by atoms with Crippen LogP contribution in [0.2, 0.25) is 0 Å². The Balaban J connectivity index is 2.07. The number of carbonyl (C=O) groups is 1. The van der Waals surface area contributed by atoms with Gasteiger partial charge >= 0.3 is 0 Å². The van der Waals surface area contributed by atoms with Gasteiger partial charge in [-0.05, 0) is 54.7 Å². The summed E-state index contributed by atoms with van der Waals surface area (Å²) in [5, 5.41) is 15.3. The molecule has 4 nitrogen and oxygen atoms in total. The van der Waals surface area contributed by atoms with Gasteiger partial charge in [-0.15, -0.1) is 0 Å². The van der Waals surface area contributed by atoms with E-state index in [1.54, 1.807) is 6.20 Å². The quantitative estimate of drug-likeness (QED) is 0.587. The molecule has 1 amide bonds. The highest BCUT2D eigenvalue weighted by atomic mass is 16.1. The van der Waals surface area contributed by atoms with Crippen molar-refractivity contribution in [2.45, 2.75) is 58.9 Å². The van der Waals surface area contributed by atoms with E-state index in [0.717, 1.165) is 12.8 Å². The lowest BCUT2D eigenvalue weighted by Crippen LogP contribution is -2.29. The van der Waals surface area contributed by atoms with E-state index >= 15 is 0 Å². The SMILES string of the molecule is CCC(N/C=C(/C#N)C(=O)NCC(C)C)c1ccc2c(c1)CCCC2. The number of aryl methyl sites for hydroxylation is 2. The molecule has 25 heavy (non-hydrogen) atoms. The monoisotopic (exact) mass is 339 g/mol. The maximum Gasteiger partial charge on any atom is 0.263 e. The molecule has 0 saturated carbocycles. The first-order valence-electron chi connectivity index (χ1n) is 9.31. The van der Waals surface area contributed by atoms with E-state index in [0.29, 0.717) is 12.5 Å². The molecule has 0 aromatic heterocycles. The molecular formula is C21H29N3O. The molecule has 1 atom stereocenters. The van der Waals surface area contributed by atoms with Crippen LogP contribution in [0.25, 0.3) is 0 Å². The third-order valence-corrected chi connectivity index (χ3v) is 4.65. The van der Waals surface area contributed by atoms with Gasteiger partial charge in [0.1, 0.15) is 11.6 Å². The Morgan fingerprint density at radius 3 is 2.64 bits per heavy atom. The zero-order valence-electron chi connectivity index (χ0n) is 15.6. The molecule has 0 bridgehead atoms. The lowest BCUT2D eigenvalue weighted by Gasteiger charge is -2.21. The number of rotatable bonds is 7. The summed E-state index contributed by atoms with van der Waals surface area (Å²) in [6.07, 6.45) is 7.31. The fourth-order valence-corrected chi connectivity index (χ4v) is 3.14. The molecule has 2 rings (SSSR count). The van der Waals surface area contributed by atoms with Crippen LogP contribution >= 0.6 is 0 Å². The predicted octanol–water partition coefficient (Wildman–Crippen LogP) is 3.79. The molecule has 1 aromatic rings. The molecule has 0 aliphatic heterocycles. The van der Waals surface area contributed by atoms with Crippen LogP contribution in [-0.4, -0.2) is 12.5 Å². The smallest absolute Gasteiger partial charge is 0.263 e. The van der Waals surface area contributed by atoms with Gasteiger partial charge in [-0.25, -0.2) is 0 Å². The summed E-state index contributed by atoms with van der Waals surface area (Å²) >= 11 is 0. The Hall–Kier alpha value is -2.28. The largest absolute Gasteiger partial charge is 0.383 e. The molecule has 1 aromatic carbocycles. The van der Waals surface area contributed by atoms with Crippen LogP contribution in [-0.2, 0) is 17.6 Å². The summed E-state index contributed by atoms with van der Waals surface area (Å²) in [5.74, 6) is 0.0414. The lowest BCUT2D eigenvalue weighted by molar-refractivity contribution is -0.117. The molecule has 1 aliphatic rings. The standard InChI is InChI=1S/C21H29N3O/c1-4-20(18-10-9-16-7-5-6-8-17(16)11-18)23-14-19(12-22)21(25)24-13-15(2)3/h9-11,14-15,20,23H,4-8,13H2,1-3H3,(H,24,25)/b19-14-. The number of hydrogen-bond donors (Lipinski definition) is 2. The van der Waals surface area contributed by atoms with Gasteiger partial charge in [-0.2, -0.15) is 5.26 Å². The van der Waals surface area contributed by atoms with E-state index in [1.807, 2.05) is 19.9 Å². The van der Waals surface area contributed by atoms with Crippen molar-refractivity contribution in [3.63, 3.8) is 0 Å². The lowest BCUT2D eigenvalue weighted by atomic mass is 9.89. The summed E-state index contributed by atoms with van der Waals surface area (Å²) in [6, 6.07) is 8.79. The molecule has 0 fully saturated rings. The zero-order chi connectivity index (χ0) is 18.2. The molecule has 1 unspecified atom stereocenters. The van der Waals surface area contributed by atoms with Crippen molar-refractivity contribution >= 4 is 5.91 Å². The zero-order valence-corrected chi connectivity index (χ0v) is 15.6. The maximum atomic E-state index is 12.1. The third-order valence-electron chi connectivity index (χ3n) is 4.65. The number of fused-ring (bicyclic) bond motifs is 1. The number of amides is 1. The minimum absolute atomic E-state index is 0.105. The van der Waals surface area contributed by atoms with Crippen LogP contribution in [0.15, 0.2) is 30.0 Å². The Morgan fingerprint density at radius 2 is 2.00 bits per heavy atom. The summed E-state index contributed by atoms with van der Waals surface area (Å²) < 4.78 is 0. The number of nitrogens with one attached hydrogen (secondary N) is 2. The van der Waals surface area contributed by atoms with Crippen molar-refractivity contribution in [1.29, 1.82) is 5.26 Å². The molecule has 0 radical (unpaired) electrons. The van der Waals surface area contributed by atoms with E-state index in [2.05, 4.69) is 35.8 Å². The second-order valence-electron chi connectivity index (χ2n) is 7.14. The predicted molar refractivity (Wildman–Crippen MR) is 101 cm³/mol. The molecule has 4 heteroatoms. The molecule has 1 aliphatic carbocycles. The van der Waals surface area contributed by atoms with Crippen molar-refractivity contribution in [2.75, 3.05) is 6.54 Å². The highest BCUT2D eigenvalue weighted by Crippen LogP contribution is 2.26. The van der Waals surface area contributed by atoms with Crippen molar-refractivity contribution in [3.05, 3.63) is 46.7 Å². The van der Waals surface area contributed by atoms with Crippen LogP contribution in [0.1, 0.15) is 62.8 Å². The molecule has 2 N–H and O–H groups in total. The number of nitrogens with zero attached hydrogens (tertiary/aromatic N) is 1. The van der Waals surface area contributed by atoms with Gasteiger partial charge in [0, 0.05) is 12.7 Å². The second-order valence-corrected chi connectivity index (χ2v) is 7.14. The summed E-state index contributed by atoms with van der Waals surface area (Å²) in [6.45, 7) is 6.73. The number of carbonyl (C=O) groups excluding carboxylic acids is 1. The minimum Gasteiger partial charge on any atom is -0.383 e. The molecule has 0 spiro atoms. The van der Waals surface area contributed by atoms with E-state index in [-0.39, 0.29) is 17.5 Å². The summed E-state index contributed by atoms with van der Waals surface area (Å²) in [5.41, 5.74) is 4.26. The van der Waals surface area contributed by atoms with Gasteiger partial charge in [-0.1, -0.05) is 39.0 Å². The molecule has 0 saturated heterocycles. The van der Waals surface area contributed by atoms with Crippen LogP contribution in [0.4, 0.5) is 0 Å². The average molecular weight is 339 g/mol. The topological polar surface area (TPSA) is 64.9 Å². The third kappa shape index (κ3) is 5.35. The van der Waals surface area contributed by atoms with E-state index in [4.69, 9.17) is 0 Å². The molecule has 134 valence electrons. The van der Waals surface area contributed by atoms with Crippen LogP contribution in [0.5, 0.6) is 0 Å². The maximum absolute atomic E-state index is 12.1. The second kappa shape index (κ2) is 9.27. The van der Waals surface area contributed by atoms with Gasteiger partial charge in [0.05, 0.1) is 6.04 Å². The number of nitriles is 1. The highest BCUT2D eigenvalue weighted by molar-refractivity contribution is 5.97. The first-order valence-corrected chi connectivity index (χ1v) is 9.31. The Labute approximate surface area is 151 Å². The van der Waals surface area contributed by atoms with Crippen LogP contribution in [0, 0.1) is 17.2 Å². The Bertz CT molecular complexity index is 670. The van der Waals surface area contributed by atoms with Gasteiger partial charge in [0.15, 0.2) is 0 Å². The summed E-state index contributed by atoms with van der Waals surface area (Å²) in [7, 11) is 0. The first kappa shape index (κ1) is 19.1. The van der Waals surface area contributed by atoms with Crippen molar-refractivity contribution < 1.29 is 4.79 Å². The van der Waals surface area contributed by atoms with Crippen LogP contribution < -0.4 is 10.6 Å². The van der Waals surface area contributed by atoms with Crippen molar-refractivity contribution in [1.82, 2.24) is 10.6 Å². The normalized spacial score (nSPS) is 15.2. The van der Waals surface area contributed by atoms with Gasteiger partial charge in [0.2, 0.25) is 0 Å². The van der Waals surface area contributed by atoms with Gasteiger partial charge in [0.25, 0.3) is 5.91 Å². The van der Waals surface area contributed by atoms with E-state index in [9.17, 15) is 10.1 Å². The van der Waals surface area contributed by atoms with E-state index in [1.165, 1.54) is 36.0 Å². The summed E-state index contributed by atoms with van der Waals surface area (Å²) in [4.78, 5) is 12.1. The Morgan fingerprint density at radius 1 is 1.28 bits per heavy atom. The highest BCUT2D eigenvalue weighted by Gasteiger charge is 2.15. The molecule has 0 heterocycles. The fraction of sp³-hybridized carbons (Fsp3) is 0.524. The van der Waals surface area contributed by atoms with Crippen molar-refractivity contribution in [3.8, 4) is 6.07 Å². The number of hydrogen-bond acceptors (Lipinski definition) is 3. The van der Waals surface area contributed by atoms with Crippen LogP contribution in [0.3, 0.4) is 0 Å². The minimum atomic E-state index is -0.316. The van der Waals surface area contributed by atoms with Crippen molar-refractivity contribution in [2.24, 2.45) is 5.92 Å². The number of benzene rings is 1. The molecular weight excluding hydrogens is 310 g/mol. The van der Waals surface area contributed by atoms with E-state index < -0.39 is 0 Å². The Kier molecular flexibility index (Phi) is 7.06. The van der Waals surface area contributed by atoms with Gasteiger partial charge < -0.3 is 10.6 Å². The van der Waals surface area contributed by atoms with Gasteiger partial charge in [-0.3, -0.25) is 4.79 Å².